The van der Waals surface area contributed by atoms with Crippen molar-refractivity contribution in [3.05, 3.63) is 0 Å². The van der Waals surface area contributed by atoms with Gasteiger partial charge in [-0.25, -0.2) is 0 Å². The van der Waals surface area contributed by atoms with Crippen molar-refractivity contribution in [2.45, 2.75) is 0 Å². The zero-order valence-electron chi connectivity index (χ0n) is 52.1. The van der Waals surface area contributed by atoms with Gasteiger partial charge < -0.3 is 248 Å². The average Bonchev–Trinajstić information content (AvgIpc) is 0. The van der Waals surface area contributed by atoms with Gasteiger partial charge in [0.1, 0.15) is 0 Å². The molecule has 0 radical (unpaired) electrons. The summed E-state index contributed by atoms with van der Waals surface area (Å²) >= 11 is 0. The van der Waals surface area contributed by atoms with Gasteiger partial charge in [-0.05, 0) is 0 Å². The molecule has 0 spiro atoms. The van der Waals surface area contributed by atoms with E-state index in [-0.39, 0.29) is 2020 Å². The molecule has 100 heteroatoms. The molecule has 0 saturated heterocycles. The zero-order chi connectivity index (χ0) is 0. The Kier molecular flexibility index (Phi) is 14000. The third kappa shape index (κ3) is 1150. The standard InChI is InChI=1S/80ClH.20K/h80*1H;;;;;;;;;;;;;;;;;;;;/q;;;;;;;;;;;;;;;;;;;;;;;;;;;;;;;;;;;;;;;;;;;;;;;;;;;;;;;;;;;;;;;;;;;;;;;;;;;;;;;;20*+1/p-20. The van der Waals surface area contributed by atoms with Crippen LogP contribution in [0, 0.1) is 0 Å². The molecule has 0 amide bonds. The van der Waals surface area contributed by atoms with Crippen LogP contribution in [0.1, 0.15) is 0 Å². The second-order valence-corrected chi connectivity index (χ2v) is 0. The second-order valence-electron chi connectivity index (χ2n) is 0. The van der Waals surface area contributed by atoms with Crippen LogP contribution >= 0.6 is 744 Å². The van der Waals surface area contributed by atoms with Crippen molar-refractivity contribution in [2.24, 2.45) is 0 Å². The Bertz CT molecular complexity index is 72.2. The Morgan fingerprint density at radius 1 is 0.0300 bits per heavy atom. The van der Waals surface area contributed by atoms with Crippen LogP contribution in [0.15, 0.2) is 0 Å². The van der Waals surface area contributed by atoms with E-state index < -0.39 is 0 Å². The molecule has 0 aliphatic rings. The van der Waals surface area contributed by atoms with Crippen molar-refractivity contribution in [3.8, 4) is 0 Å². The first-order chi connectivity index (χ1) is 0. The van der Waals surface area contributed by atoms with Crippen LogP contribution in [0.2, 0.25) is 0 Å². The fourth-order valence-corrected chi connectivity index (χ4v) is 0. The van der Waals surface area contributed by atoms with E-state index in [1.807, 2.05) is 0 Å². The van der Waals surface area contributed by atoms with Crippen LogP contribution in [-0.2, 0) is 0 Å². The minimum absolute atomic E-state index is 0. The van der Waals surface area contributed by atoms with Gasteiger partial charge in [-0.1, -0.05) is 0 Å². The maximum atomic E-state index is 0. The molecule has 640 valence electrons. The molecule has 0 aliphatic heterocycles. The second kappa shape index (κ2) is 1170. The Balaban J connectivity index is 0. The summed E-state index contributed by atoms with van der Waals surface area (Å²) in [4.78, 5) is 0. The summed E-state index contributed by atoms with van der Waals surface area (Å²) in [6, 6.07) is 0. The van der Waals surface area contributed by atoms with E-state index in [4.69, 9.17) is 0 Å². The van der Waals surface area contributed by atoms with Crippen molar-refractivity contribution >= 4 is 744 Å². The average molecular weight is 3680 g/mol. The predicted octanol–water partition coefficient (Wildman–Crippen LogP) is -94.5. The maximum Gasteiger partial charge on any atom is 1.00 e. The van der Waals surface area contributed by atoms with E-state index in [0.29, 0.717) is 0 Å². The molecule has 0 heterocycles. The van der Waals surface area contributed by atoms with Gasteiger partial charge in [0.25, 0.3) is 0 Å². The quantitative estimate of drug-likeness (QED) is 0.212. The predicted molar refractivity (Wildman–Crippen MR) is 435 cm³/mol. The molecule has 0 aromatic rings. The molecule has 0 N–H and O–H groups in total. The molecule has 0 unspecified atom stereocenters. The Morgan fingerprint density at radius 3 is 0.0300 bits per heavy atom. The van der Waals surface area contributed by atoms with Crippen molar-refractivity contribution < 1.29 is 1280 Å². The summed E-state index contributed by atoms with van der Waals surface area (Å²) in [6.45, 7) is 0. The Morgan fingerprint density at radius 2 is 0.0300 bits per heavy atom. The van der Waals surface area contributed by atoms with Crippen LogP contribution in [0.25, 0.3) is 0 Å². The third-order valence-electron chi connectivity index (χ3n) is 0. The first-order valence-electron chi connectivity index (χ1n) is 0. The van der Waals surface area contributed by atoms with E-state index in [9.17, 15) is 0 Å². The topological polar surface area (TPSA) is 0 Å². The molecule has 0 rings (SSSR count). The van der Waals surface area contributed by atoms with Gasteiger partial charge in [-0.3, -0.25) is 0 Å². The first kappa shape index (κ1) is 1200. The molecule has 0 nitrogen and oxygen atoms in total. The number of hydrogen-bond acceptors (Lipinski definition) is 0. The molecule has 0 saturated carbocycles. The summed E-state index contributed by atoms with van der Waals surface area (Å²) in [7, 11) is 0. The minimum Gasteiger partial charge on any atom is -1.00 e. The minimum atomic E-state index is 0. The summed E-state index contributed by atoms with van der Waals surface area (Å²) < 4.78 is 0. The maximum absolute atomic E-state index is 0. The molecule has 0 bridgehead atoms. The molecule has 100 heavy (non-hydrogen) atoms. The van der Waals surface area contributed by atoms with E-state index in [2.05, 4.69) is 0 Å². The van der Waals surface area contributed by atoms with Gasteiger partial charge >= 0.3 is 1030 Å². The molecule has 0 atom stereocenters. The number of rotatable bonds is 0. The van der Waals surface area contributed by atoms with E-state index in [1.54, 1.807) is 0 Å². The fraction of sp³-hybridized carbons (Fsp3) is 0. The van der Waals surface area contributed by atoms with Gasteiger partial charge in [-0.15, -0.1) is 744 Å². The summed E-state index contributed by atoms with van der Waals surface area (Å²) in [5.74, 6) is 0. The molecular formula is H60Cl80K20. The van der Waals surface area contributed by atoms with Crippen LogP contribution in [0.3, 0.4) is 0 Å². The van der Waals surface area contributed by atoms with E-state index in [1.165, 1.54) is 0 Å². The van der Waals surface area contributed by atoms with Crippen LogP contribution < -0.4 is 1280 Å². The molecular weight excluding hydrogens is 3620 g/mol. The normalized spacial score (nSPS) is 0. The van der Waals surface area contributed by atoms with Gasteiger partial charge in [0.05, 0.1) is 0 Å². The van der Waals surface area contributed by atoms with Crippen LogP contribution in [-0.4, -0.2) is 0 Å². The van der Waals surface area contributed by atoms with Crippen molar-refractivity contribution in [1.29, 1.82) is 0 Å². The van der Waals surface area contributed by atoms with Crippen LogP contribution in [0.5, 0.6) is 0 Å². The fourth-order valence-electron chi connectivity index (χ4n) is 0. The molecule has 0 aliphatic carbocycles. The van der Waals surface area contributed by atoms with Gasteiger partial charge in [0, 0.05) is 0 Å². The summed E-state index contributed by atoms with van der Waals surface area (Å²) in [5.41, 5.74) is 0. The van der Waals surface area contributed by atoms with Crippen molar-refractivity contribution in [1.82, 2.24) is 0 Å². The molecule has 0 fully saturated rings. The van der Waals surface area contributed by atoms with Crippen molar-refractivity contribution in [3.63, 3.8) is 0 Å². The smallest absolute Gasteiger partial charge is 1.00 e. The molecule has 0 aromatic heterocycles. The monoisotopic (exact) mass is 3640 g/mol. The largest absolute Gasteiger partial charge is 1.00 e. The van der Waals surface area contributed by atoms with Crippen molar-refractivity contribution in [2.75, 3.05) is 0 Å². The van der Waals surface area contributed by atoms with Crippen LogP contribution in [0.4, 0.5) is 0 Å². The Labute approximate surface area is 1950 Å². The number of halogens is 80. The van der Waals surface area contributed by atoms with Gasteiger partial charge in [-0.2, -0.15) is 0 Å². The summed E-state index contributed by atoms with van der Waals surface area (Å²) in [5, 5.41) is 0. The van der Waals surface area contributed by atoms with E-state index in [0.717, 1.165) is 0 Å². The van der Waals surface area contributed by atoms with E-state index >= 15 is 0 Å². The summed E-state index contributed by atoms with van der Waals surface area (Å²) in [6.07, 6.45) is 0. The molecule has 0 aromatic carbocycles. The van der Waals surface area contributed by atoms with Gasteiger partial charge in [0.15, 0.2) is 0 Å². The van der Waals surface area contributed by atoms with Gasteiger partial charge in [0.2, 0.25) is 0 Å². The SMILES string of the molecule is Cl.Cl.Cl.Cl.Cl.Cl.Cl.Cl.Cl.Cl.Cl.Cl.Cl.Cl.Cl.Cl.Cl.Cl.Cl.Cl.Cl.Cl.Cl.Cl.Cl.Cl.Cl.Cl.Cl.Cl.Cl.Cl.Cl.Cl.Cl.Cl.Cl.Cl.Cl.Cl.Cl.Cl.Cl.Cl.Cl.Cl.Cl.Cl.Cl.Cl.Cl.Cl.Cl.Cl.Cl.Cl.Cl.Cl.Cl.Cl.[Cl-].[Cl-].[Cl-].[Cl-].[Cl-].[Cl-].[Cl-].[Cl-].[Cl-].[Cl-].[Cl-].[Cl-].[Cl-].[Cl-].[Cl-].[Cl-].[Cl-].[Cl-].[Cl-].[Cl-].[K+].[K+].[K+].[K+].[K+].[K+].[K+].[K+].[K+].[K+].[K+].[K+].[K+].[K+].[K+].[K+].[K+].[K+].[K+].[K+]. The Hall–Kier alpha value is 55.9. The third-order valence-corrected chi connectivity index (χ3v) is 0. The zero-order valence-corrected chi connectivity index (χ0v) is 179. The first-order valence-corrected chi connectivity index (χ1v) is 0. The number of hydrogen-bond donors (Lipinski definition) is 0.